The number of rotatable bonds is 7. The van der Waals surface area contributed by atoms with Crippen molar-refractivity contribution in [1.29, 1.82) is 0 Å². The molecule has 2 rings (SSSR count). The summed E-state index contributed by atoms with van der Waals surface area (Å²) < 4.78 is 7.49. The highest BCUT2D eigenvalue weighted by Gasteiger charge is 2.08. The molecule has 0 aliphatic rings. The predicted molar refractivity (Wildman–Crippen MR) is 82.3 cm³/mol. The fraction of sp³-hybridized carbons (Fsp3) is 0.438. The number of para-hydroxylation sites is 1. The lowest BCUT2D eigenvalue weighted by atomic mass is 10.1. The van der Waals surface area contributed by atoms with Gasteiger partial charge in [0.2, 0.25) is 0 Å². The molecule has 1 atom stereocenters. The molecule has 0 aliphatic heterocycles. The first-order valence-corrected chi connectivity index (χ1v) is 7.12. The van der Waals surface area contributed by atoms with E-state index in [1.54, 1.807) is 4.68 Å². The molecule has 1 heterocycles. The van der Waals surface area contributed by atoms with Crippen LogP contribution in [-0.2, 0) is 13.6 Å². The number of aromatic nitrogens is 2. The summed E-state index contributed by atoms with van der Waals surface area (Å²) in [5, 5.41) is 17.4. The van der Waals surface area contributed by atoms with Crippen molar-refractivity contribution in [2.24, 2.45) is 7.05 Å². The van der Waals surface area contributed by atoms with Gasteiger partial charge in [-0.3, -0.25) is 4.68 Å². The maximum Gasteiger partial charge on any atom is 0.125 e. The summed E-state index contributed by atoms with van der Waals surface area (Å²) in [6.07, 6.45) is 1.35. The van der Waals surface area contributed by atoms with E-state index in [0.29, 0.717) is 13.1 Å². The summed E-state index contributed by atoms with van der Waals surface area (Å²) in [5.74, 6) is 0.862. The van der Waals surface area contributed by atoms with E-state index in [1.807, 2.05) is 51.4 Å². The Morgan fingerprint density at radius 3 is 2.62 bits per heavy atom. The number of hydrogen-bond donors (Lipinski definition) is 2. The lowest BCUT2D eigenvalue weighted by molar-refractivity contribution is 0.105. The van der Waals surface area contributed by atoms with Gasteiger partial charge in [-0.25, -0.2) is 0 Å². The molecule has 0 fully saturated rings. The Hall–Kier alpha value is -1.85. The minimum absolute atomic E-state index is 0.279. The first-order chi connectivity index (χ1) is 10.1. The zero-order chi connectivity index (χ0) is 15.2. The van der Waals surface area contributed by atoms with Gasteiger partial charge in [0.05, 0.1) is 5.69 Å². The van der Waals surface area contributed by atoms with Crippen LogP contribution in [0.4, 0.5) is 0 Å². The number of ether oxygens (including phenoxy) is 1. The van der Waals surface area contributed by atoms with Crippen LogP contribution in [0.2, 0.25) is 0 Å². The number of aryl methyl sites for hydroxylation is 3. The third kappa shape index (κ3) is 4.58. The van der Waals surface area contributed by atoms with Crippen LogP contribution in [0.3, 0.4) is 0 Å². The average Bonchev–Trinajstić information content (AvgIpc) is 2.84. The van der Waals surface area contributed by atoms with Crippen molar-refractivity contribution in [1.82, 2.24) is 15.1 Å². The minimum Gasteiger partial charge on any atom is -0.490 e. The molecule has 2 aromatic rings. The van der Waals surface area contributed by atoms with Gasteiger partial charge in [0.25, 0.3) is 0 Å². The third-order valence-electron chi connectivity index (χ3n) is 3.28. The van der Waals surface area contributed by atoms with E-state index >= 15 is 0 Å². The molecule has 0 radical (unpaired) electrons. The van der Waals surface area contributed by atoms with E-state index in [4.69, 9.17) is 4.74 Å². The quantitative estimate of drug-likeness (QED) is 0.812. The van der Waals surface area contributed by atoms with Gasteiger partial charge in [-0.2, -0.15) is 5.10 Å². The van der Waals surface area contributed by atoms with Crippen LogP contribution < -0.4 is 10.1 Å². The van der Waals surface area contributed by atoms with E-state index in [2.05, 4.69) is 10.4 Å². The summed E-state index contributed by atoms with van der Waals surface area (Å²) in [7, 11) is 1.89. The Kier molecular flexibility index (Phi) is 5.36. The van der Waals surface area contributed by atoms with Gasteiger partial charge >= 0.3 is 0 Å². The molecule has 1 aromatic carbocycles. The van der Waals surface area contributed by atoms with Gasteiger partial charge in [0.15, 0.2) is 0 Å². The zero-order valence-electron chi connectivity index (χ0n) is 12.8. The maximum atomic E-state index is 9.96. The summed E-state index contributed by atoms with van der Waals surface area (Å²) >= 11 is 0. The molecule has 0 amide bonds. The lowest BCUT2D eigenvalue weighted by Crippen LogP contribution is -2.31. The average molecular weight is 289 g/mol. The molecule has 5 nitrogen and oxygen atoms in total. The van der Waals surface area contributed by atoms with Crippen molar-refractivity contribution in [3.8, 4) is 5.75 Å². The van der Waals surface area contributed by atoms with Crippen molar-refractivity contribution in [2.45, 2.75) is 26.5 Å². The molecule has 1 aromatic heterocycles. The number of nitrogens with zero attached hydrogens (tertiary/aromatic N) is 2. The molecule has 0 saturated carbocycles. The molecule has 0 saturated heterocycles. The summed E-state index contributed by atoms with van der Waals surface area (Å²) in [6.45, 7) is 5.41. The highest BCUT2D eigenvalue weighted by atomic mass is 16.5. The third-order valence-corrected chi connectivity index (χ3v) is 3.28. The molecule has 2 N–H and O–H groups in total. The molecule has 5 heteroatoms. The van der Waals surface area contributed by atoms with Gasteiger partial charge in [-0.15, -0.1) is 0 Å². The van der Waals surface area contributed by atoms with Gasteiger partial charge in [0, 0.05) is 26.3 Å². The standard InChI is InChI=1S/C16H23N3O2/c1-12-5-4-6-13(2)16(12)21-11-15(20)10-17-9-14-7-8-19(3)18-14/h4-8,15,17,20H,9-11H2,1-3H3. The summed E-state index contributed by atoms with van der Waals surface area (Å²) in [4.78, 5) is 0. The van der Waals surface area contributed by atoms with Gasteiger partial charge in [-0.05, 0) is 31.0 Å². The second kappa shape index (κ2) is 7.24. The van der Waals surface area contributed by atoms with Gasteiger partial charge < -0.3 is 15.2 Å². The topological polar surface area (TPSA) is 59.3 Å². The van der Waals surface area contributed by atoms with Crippen molar-refractivity contribution < 1.29 is 9.84 Å². The number of benzene rings is 1. The van der Waals surface area contributed by atoms with Crippen LogP contribution in [0.25, 0.3) is 0 Å². The second-order valence-electron chi connectivity index (χ2n) is 5.30. The van der Waals surface area contributed by atoms with Crippen molar-refractivity contribution in [2.75, 3.05) is 13.2 Å². The Morgan fingerprint density at radius 1 is 1.29 bits per heavy atom. The van der Waals surface area contributed by atoms with Crippen LogP contribution in [0, 0.1) is 13.8 Å². The fourth-order valence-corrected chi connectivity index (χ4v) is 2.19. The lowest BCUT2D eigenvalue weighted by Gasteiger charge is -2.15. The number of nitrogens with one attached hydrogen (secondary N) is 1. The van der Waals surface area contributed by atoms with Crippen LogP contribution in [0.1, 0.15) is 16.8 Å². The number of aliphatic hydroxyl groups is 1. The highest BCUT2D eigenvalue weighted by Crippen LogP contribution is 2.22. The van der Waals surface area contributed by atoms with E-state index in [-0.39, 0.29) is 6.61 Å². The molecule has 21 heavy (non-hydrogen) atoms. The zero-order valence-corrected chi connectivity index (χ0v) is 12.8. The molecule has 0 spiro atoms. The Bertz CT molecular complexity index is 560. The molecule has 0 aliphatic carbocycles. The van der Waals surface area contributed by atoms with E-state index in [0.717, 1.165) is 22.6 Å². The molecule has 1 unspecified atom stereocenters. The normalized spacial score (nSPS) is 12.4. The van der Waals surface area contributed by atoms with Crippen LogP contribution in [0.15, 0.2) is 30.5 Å². The Balaban J connectivity index is 1.73. The molecule has 0 bridgehead atoms. The first kappa shape index (κ1) is 15.5. The van der Waals surface area contributed by atoms with E-state index < -0.39 is 6.10 Å². The Labute approximate surface area is 125 Å². The van der Waals surface area contributed by atoms with Crippen molar-refractivity contribution in [3.63, 3.8) is 0 Å². The summed E-state index contributed by atoms with van der Waals surface area (Å²) in [5.41, 5.74) is 3.13. The monoisotopic (exact) mass is 289 g/mol. The highest BCUT2D eigenvalue weighted by molar-refractivity contribution is 5.39. The predicted octanol–water partition coefficient (Wildman–Crippen LogP) is 1.57. The van der Waals surface area contributed by atoms with Crippen LogP contribution >= 0.6 is 0 Å². The minimum atomic E-state index is -0.548. The van der Waals surface area contributed by atoms with Crippen molar-refractivity contribution >= 4 is 0 Å². The van der Waals surface area contributed by atoms with Crippen molar-refractivity contribution in [3.05, 3.63) is 47.3 Å². The summed E-state index contributed by atoms with van der Waals surface area (Å²) in [6, 6.07) is 7.97. The smallest absolute Gasteiger partial charge is 0.125 e. The second-order valence-corrected chi connectivity index (χ2v) is 5.30. The number of aliphatic hydroxyl groups excluding tert-OH is 1. The largest absolute Gasteiger partial charge is 0.490 e. The van der Waals surface area contributed by atoms with E-state index in [1.165, 1.54) is 0 Å². The maximum absolute atomic E-state index is 9.96. The van der Waals surface area contributed by atoms with Gasteiger partial charge in [-0.1, -0.05) is 18.2 Å². The fourth-order valence-electron chi connectivity index (χ4n) is 2.19. The van der Waals surface area contributed by atoms with E-state index in [9.17, 15) is 5.11 Å². The SMILES string of the molecule is Cc1cccc(C)c1OCC(O)CNCc1ccn(C)n1. The number of hydrogen-bond acceptors (Lipinski definition) is 4. The molecule has 114 valence electrons. The molecular weight excluding hydrogens is 266 g/mol. The molecular formula is C16H23N3O2. The Morgan fingerprint density at radius 2 is 2.00 bits per heavy atom. The first-order valence-electron chi connectivity index (χ1n) is 7.12. The van der Waals surface area contributed by atoms with Crippen LogP contribution in [0.5, 0.6) is 5.75 Å². The van der Waals surface area contributed by atoms with Gasteiger partial charge in [0.1, 0.15) is 18.5 Å². The van der Waals surface area contributed by atoms with Crippen LogP contribution in [-0.4, -0.2) is 34.1 Å².